The van der Waals surface area contributed by atoms with E-state index in [-0.39, 0.29) is 4.75 Å². The van der Waals surface area contributed by atoms with Crippen LogP contribution in [0.2, 0.25) is 0 Å². The Labute approximate surface area is 107 Å². The standard InChI is InChI=1S/C14H21NOS/c1-14(2,3)17(16)15-13-10-6-8-11-7-4-5-9-12(11)13/h4-5,9,11H,6-8,10H2,1-3H3. The SMILES string of the molecule is CC(C)(C)[S+]([O-])N=C1CCCC2CC=CC=C12. The molecule has 2 rings (SSSR count). The van der Waals surface area contributed by atoms with Crippen LogP contribution in [0.1, 0.15) is 46.5 Å². The monoisotopic (exact) mass is 251 g/mol. The van der Waals surface area contributed by atoms with E-state index in [9.17, 15) is 4.55 Å². The van der Waals surface area contributed by atoms with Crippen LogP contribution in [0.25, 0.3) is 0 Å². The van der Waals surface area contributed by atoms with Crippen molar-refractivity contribution in [3.63, 3.8) is 0 Å². The van der Waals surface area contributed by atoms with Crippen molar-refractivity contribution in [2.45, 2.75) is 51.2 Å². The average molecular weight is 251 g/mol. The van der Waals surface area contributed by atoms with Crippen LogP contribution in [0.4, 0.5) is 0 Å². The topological polar surface area (TPSA) is 35.4 Å². The summed E-state index contributed by atoms with van der Waals surface area (Å²) < 4.78 is 16.3. The number of allylic oxidation sites excluding steroid dienone is 4. The number of hydrogen-bond acceptors (Lipinski definition) is 2. The van der Waals surface area contributed by atoms with E-state index < -0.39 is 11.4 Å². The molecule has 0 spiro atoms. The van der Waals surface area contributed by atoms with Crippen molar-refractivity contribution in [2.75, 3.05) is 0 Å². The molecule has 1 fully saturated rings. The van der Waals surface area contributed by atoms with E-state index in [0.29, 0.717) is 5.92 Å². The van der Waals surface area contributed by atoms with Crippen LogP contribution in [0, 0.1) is 5.92 Å². The zero-order chi connectivity index (χ0) is 12.5. The van der Waals surface area contributed by atoms with Gasteiger partial charge in [-0.25, -0.2) is 0 Å². The maximum absolute atomic E-state index is 12.1. The van der Waals surface area contributed by atoms with E-state index in [2.05, 4.69) is 22.6 Å². The zero-order valence-electron chi connectivity index (χ0n) is 10.9. The van der Waals surface area contributed by atoms with Crippen molar-refractivity contribution < 1.29 is 4.55 Å². The predicted molar refractivity (Wildman–Crippen MR) is 74.5 cm³/mol. The molecule has 2 unspecified atom stereocenters. The lowest BCUT2D eigenvalue weighted by Crippen LogP contribution is -2.29. The van der Waals surface area contributed by atoms with Crippen LogP contribution in [0.3, 0.4) is 0 Å². The Morgan fingerprint density at radius 1 is 1.41 bits per heavy atom. The molecule has 3 heteroatoms. The van der Waals surface area contributed by atoms with Crippen molar-refractivity contribution in [1.29, 1.82) is 0 Å². The summed E-state index contributed by atoms with van der Waals surface area (Å²) in [6, 6.07) is 0. The lowest BCUT2D eigenvalue weighted by atomic mass is 9.79. The second-order valence-corrected chi connectivity index (χ2v) is 7.68. The van der Waals surface area contributed by atoms with Crippen LogP contribution in [-0.2, 0) is 11.4 Å². The highest BCUT2D eigenvalue weighted by atomic mass is 32.2. The molecule has 2 atom stereocenters. The van der Waals surface area contributed by atoms with Crippen LogP contribution >= 0.6 is 0 Å². The Kier molecular flexibility index (Phi) is 3.79. The van der Waals surface area contributed by atoms with Gasteiger partial charge in [-0.2, -0.15) is 0 Å². The van der Waals surface area contributed by atoms with Gasteiger partial charge >= 0.3 is 0 Å². The van der Waals surface area contributed by atoms with Gasteiger partial charge < -0.3 is 4.55 Å². The first-order valence-electron chi connectivity index (χ1n) is 6.35. The summed E-state index contributed by atoms with van der Waals surface area (Å²) in [5.41, 5.74) is 2.41. The molecule has 17 heavy (non-hydrogen) atoms. The maximum Gasteiger partial charge on any atom is 0.144 e. The molecule has 0 aromatic heterocycles. The fourth-order valence-electron chi connectivity index (χ4n) is 2.28. The molecule has 0 bridgehead atoms. The Morgan fingerprint density at radius 2 is 2.18 bits per heavy atom. The summed E-state index contributed by atoms with van der Waals surface area (Å²) >= 11 is -1.13. The minimum absolute atomic E-state index is 0.259. The number of rotatable bonds is 1. The van der Waals surface area contributed by atoms with E-state index in [0.717, 1.165) is 18.6 Å². The second kappa shape index (κ2) is 4.99. The smallest absolute Gasteiger partial charge is 0.144 e. The van der Waals surface area contributed by atoms with Gasteiger partial charge in [-0.05, 0) is 57.9 Å². The van der Waals surface area contributed by atoms with E-state index >= 15 is 0 Å². The van der Waals surface area contributed by atoms with E-state index in [1.165, 1.54) is 18.4 Å². The molecule has 94 valence electrons. The van der Waals surface area contributed by atoms with Crippen molar-refractivity contribution in [3.05, 3.63) is 23.8 Å². The van der Waals surface area contributed by atoms with Crippen LogP contribution in [0.15, 0.2) is 28.2 Å². The first-order chi connectivity index (χ1) is 7.98. The van der Waals surface area contributed by atoms with E-state index in [1.54, 1.807) is 0 Å². The summed E-state index contributed by atoms with van der Waals surface area (Å²) in [6.07, 6.45) is 11.0. The molecule has 0 aromatic rings. The largest absolute Gasteiger partial charge is 0.591 e. The Bertz CT molecular complexity index is 376. The molecule has 2 nitrogen and oxygen atoms in total. The van der Waals surface area contributed by atoms with Gasteiger partial charge in [0.1, 0.15) is 16.1 Å². The normalized spacial score (nSPS) is 28.8. The van der Waals surface area contributed by atoms with Gasteiger partial charge in [0.05, 0.1) is 5.71 Å². The molecule has 1 saturated carbocycles. The summed E-state index contributed by atoms with van der Waals surface area (Å²) in [4.78, 5) is 0. The molecule has 0 N–H and O–H groups in total. The minimum atomic E-state index is -1.13. The highest BCUT2D eigenvalue weighted by molar-refractivity contribution is 7.91. The molecule has 0 aromatic carbocycles. The van der Waals surface area contributed by atoms with E-state index in [1.807, 2.05) is 20.8 Å². The molecule has 2 aliphatic carbocycles. The van der Waals surface area contributed by atoms with Gasteiger partial charge in [-0.3, -0.25) is 0 Å². The number of fused-ring (bicyclic) bond motifs is 1. The lowest BCUT2D eigenvalue weighted by molar-refractivity contribution is 0.532. The van der Waals surface area contributed by atoms with Gasteiger partial charge in [0.2, 0.25) is 0 Å². The summed E-state index contributed by atoms with van der Waals surface area (Å²) in [5, 5.41) is 0. The average Bonchev–Trinajstić information content (AvgIpc) is 2.28. The zero-order valence-corrected chi connectivity index (χ0v) is 11.7. The fourth-order valence-corrected chi connectivity index (χ4v) is 2.95. The van der Waals surface area contributed by atoms with Crippen molar-refractivity contribution >= 4 is 17.1 Å². The third-order valence-electron chi connectivity index (χ3n) is 3.29. The molecule has 2 aliphatic rings. The Hall–Kier alpha value is -0.540. The molecular formula is C14H21NOS. The predicted octanol–water partition coefficient (Wildman–Crippen LogP) is 3.58. The molecule has 0 aliphatic heterocycles. The van der Waals surface area contributed by atoms with Crippen LogP contribution < -0.4 is 0 Å². The minimum Gasteiger partial charge on any atom is -0.591 e. The number of hydrogen-bond donors (Lipinski definition) is 0. The van der Waals surface area contributed by atoms with Gasteiger partial charge in [-0.15, -0.1) is 0 Å². The molecule has 0 radical (unpaired) electrons. The first kappa shape index (κ1) is 12.9. The Morgan fingerprint density at radius 3 is 2.88 bits per heavy atom. The van der Waals surface area contributed by atoms with Gasteiger partial charge in [0.25, 0.3) is 0 Å². The summed E-state index contributed by atoms with van der Waals surface area (Å²) in [7, 11) is 0. The molecular weight excluding hydrogens is 230 g/mol. The Balaban J connectivity index is 2.22. The summed E-state index contributed by atoms with van der Waals surface area (Å²) in [6.45, 7) is 5.92. The highest BCUT2D eigenvalue weighted by Crippen LogP contribution is 2.34. The summed E-state index contributed by atoms with van der Waals surface area (Å²) in [5.74, 6) is 0.615. The molecule has 0 heterocycles. The third-order valence-corrected chi connectivity index (χ3v) is 4.72. The van der Waals surface area contributed by atoms with Crippen molar-refractivity contribution in [2.24, 2.45) is 10.3 Å². The molecule has 0 saturated heterocycles. The van der Waals surface area contributed by atoms with Crippen molar-refractivity contribution in [3.8, 4) is 0 Å². The first-order valence-corrected chi connectivity index (χ1v) is 7.46. The van der Waals surface area contributed by atoms with Gasteiger partial charge in [0, 0.05) is 0 Å². The van der Waals surface area contributed by atoms with Gasteiger partial charge in [-0.1, -0.05) is 22.6 Å². The van der Waals surface area contributed by atoms with Crippen LogP contribution in [-0.4, -0.2) is 15.0 Å². The fraction of sp³-hybridized carbons (Fsp3) is 0.643. The second-order valence-electron chi connectivity index (χ2n) is 5.77. The lowest BCUT2D eigenvalue weighted by Gasteiger charge is -2.28. The third kappa shape index (κ3) is 3.02. The van der Waals surface area contributed by atoms with Crippen molar-refractivity contribution in [1.82, 2.24) is 0 Å². The highest BCUT2D eigenvalue weighted by Gasteiger charge is 2.30. The van der Waals surface area contributed by atoms with Gasteiger partial charge in [0.15, 0.2) is 0 Å². The quantitative estimate of drug-likeness (QED) is 0.656. The van der Waals surface area contributed by atoms with E-state index in [4.69, 9.17) is 0 Å². The number of nitrogens with zero attached hydrogens (tertiary/aromatic N) is 1. The molecule has 0 amide bonds. The maximum atomic E-state index is 12.1. The van der Waals surface area contributed by atoms with Crippen LogP contribution in [0.5, 0.6) is 0 Å².